The summed E-state index contributed by atoms with van der Waals surface area (Å²) >= 11 is 3.54. The predicted molar refractivity (Wildman–Crippen MR) is 80.2 cm³/mol. The maximum absolute atomic E-state index is 8.62. The lowest BCUT2D eigenvalue weighted by Gasteiger charge is -2.01. The van der Waals surface area contributed by atoms with E-state index in [0.717, 1.165) is 30.2 Å². The summed E-state index contributed by atoms with van der Waals surface area (Å²) in [6.45, 7) is 0. The highest BCUT2D eigenvalue weighted by Gasteiger charge is 2.02. The first kappa shape index (κ1) is 15.5. The molecule has 2 nitrogen and oxygen atoms in total. The zero-order valence-corrected chi connectivity index (χ0v) is 12.4. The first-order valence-electron chi connectivity index (χ1n) is 6.45. The lowest BCUT2D eigenvalue weighted by Crippen LogP contribution is -1.91. The van der Waals surface area contributed by atoms with Gasteiger partial charge in [0.05, 0.1) is 12.1 Å². The van der Waals surface area contributed by atoms with Crippen LogP contribution in [-0.2, 0) is 6.42 Å². The molecular formula is C16H17BrN2. The second-order valence-corrected chi connectivity index (χ2v) is 5.20. The molecule has 0 heterocycles. The minimum absolute atomic E-state index is 0.450. The van der Waals surface area contributed by atoms with Gasteiger partial charge in [-0.3, -0.25) is 0 Å². The van der Waals surface area contributed by atoms with Gasteiger partial charge in [-0.15, -0.1) is 0 Å². The topological polar surface area (TPSA) is 47.6 Å². The van der Waals surface area contributed by atoms with Crippen LogP contribution in [0.4, 0.5) is 0 Å². The molecule has 98 valence electrons. The molecule has 1 aromatic carbocycles. The second kappa shape index (κ2) is 9.36. The number of benzene rings is 1. The van der Waals surface area contributed by atoms with Gasteiger partial charge in [0.15, 0.2) is 0 Å². The third-order valence-electron chi connectivity index (χ3n) is 2.88. The smallest absolute Gasteiger partial charge is 0.133 e. The van der Waals surface area contributed by atoms with Crippen molar-refractivity contribution in [1.29, 1.82) is 10.5 Å². The van der Waals surface area contributed by atoms with Crippen LogP contribution < -0.4 is 0 Å². The largest absolute Gasteiger partial charge is 0.197 e. The van der Waals surface area contributed by atoms with Crippen LogP contribution in [0.25, 0.3) is 0 Å². The Morgan fingerprint density at radius 1 is 1.11 bits per heavy atom. The number of hydrogen-bond donors (Lipinski definition) is 0. The van der Waals surface area contributed by atoms with Gasteiger partial charge < -0.3 is 0 Å². The summed E-state index contributed by atoms with van der Waals surface area (Å²) in [4.78, 5) is 0. The van der Waals surface area contributed by atoms with E-state index >= 15 is 0 Å². The van der Waals surface area contributed by atoms with Gasteiger partial charge in [0.25, 0.3) is 0 Å². The average molecular weight is 317 g/mol. The molecule has 1 aromatic rings. The van der Waals surface area contributed by atoms with Crippen molar-refractivity contribution in [1.82, 2.24) is 0 Å². The number of rotatable bonds is 7. The molecule has 0 bridgehead atoms. The zero-order valence-electron chi connectivity index (χ0n) is 10.8. The summed E-state index contributed by atoms with van der Waals surface area (Å²) in [5, 5.41) is 17.2. The summed E-state index contributed by atoms with van der Waals surface area (Å²) in [6.07, 6.45) is 8.87. The summed E-state index contributed by atoms with van der Waals surface area (Å²) < 4.78 is 1.16. The van der Waals surface area contributed by atoms with Crippen molar-refractivity contribution >= 4 is 15.9 Å². The average Bonchev–Trinajstić information content (AvgIpc) is 2.44. The molecule has 3 heteroatoms. The first-order chi connectivity index (χ1) is 9.27. The number of unbranched alkanes of at least 4 members (excludes halogenated alkanes) is 1. The number of nitriles is 2. The lowest BCUT2D eigenvalue weighted by atomic mass is 10.0. The maximum atomic E-state index is 8.62. The highest BCUT2D eigenvalue weighted by Crippen LogP contribution is 2.17. The van der Waals surface area contributed by atoms with E-state index in [1.807, 2.05) is 24.3 Å². The van der Waals surface area contributed by atoms with Crippen molar-refractivity contribution in [3.05, 3.63) is 46.5 Å². The molecule has 0 aliphatic heterocycles. The molecule has 0 radical (unpaired) electrons. The van der Waals surface area contributed by atoms with Crippen LogP contribution in [0.3, 0.4) is 0 Å². The number of allylic oxidation sites excluding steroid dienone is 2. The normalized spacial score (nSPS) is 10.5. The van der Waals surface area contributed by atoms with Crippen LogP contribution in [0.2, 0.25) is 0 Å². The monoisotopic (exact) mass is 316 g/mol. The Balaban J connectivity index is 2.17. The van der Waals surface area contributed by atoms with Gasteiger partial charge in [-0.1, -0.05) is 46.3 Å². The van der Waals surface area contributed by atoms with Gasteiger partial charge in [-0.2, -0.15) is 10.5 Å². The molecule has 0 saturated heterocycles. The summed E-state index contributed by atoms with van der Waals surface area (Å²) in [6, 6.07) is 12.2. The summed E-state index contributed by atoms with van der Waals surface area (Å²) in [7, 11) is 0. The van der Waals surface area contributed by atoms with E-state index in [9.17, 15) is 0 Å². The highest BCUT2D eigenvalue weighted by atomic mass is 79.9. The van der Waals surface area contributed by atoms with E-state index in [1.54, 1.807) is 0 Å². The van der Waals surface area contributed by atoms with Crippen LogP contribution in [0.15, 0.2) is 40.9 Å². The van der Waals surface area contributed by atoms with E-state index in [-0.39, 0.29) is 0 Å². The van der Waals surface area contributed by atoms with Crippen molar-refractivity contribution in [2.45, 2.75) is 32.1 Å². The molecule has 0 fully saturated rings. The molecule has 19 heavy (non-hydrogen) atoms. The number of nitrogens with zero attached hydrogens (tertiary/aromatic N) is 2. The van der Waals surface area contributed by atoms with Crippen LogP contribution in [0.5, 0.6) is 0 Å². The van der Waals surface area contributed by atoms with Crippen molar-refractivity contribution in [2.24, 2.45) is 5.92 Å². The maximum Gasteiger partial charge on any atom is 0.133 e. The Hall–Kier alpha value is -1.58. The Bertz CT molecular complexity index is 480. The number of aryl methyl sites for hydroxylation is 1. The van der Waals surface area contributed by atoms with Crippen molar-refractivity contribution < 1.29 is 0 Å². The predicted octanol–water partition coefficient (Wildman–Crippen LogP) is 4.77. The third-order valence-corrected chi connectivity index (χ3v) is 3.65. The van der Waals surface area contributed by atoms with Gasteiger partial charge in [-0.25, -0.2) is 0 Å². The third kappa shape index (κ3) is 6.22. The fourth-order valence-electron chi connectivity index (χ4n) is 1.77. The molecule has 0 spiro atoms. The molecule has 0 aliphatic carbocycles. The quantitative estimate of drug-likeness (QED) is 0.537. The Morgan fingerprint density at radius 3 is 2.47 bits per heavy atom. The molecule has 0 amide bonds. The van der Waals surface area contributed by atoms with Crippen LogP contribution >= 0.6 is 15.9 Å². The molecule has 0 atom stereocenters. The number of halogens is 1. The Labute approximate surface area is 123 Å². The second-order valence-electron chi connectivity index (χ2n) is 4.34. The van der Waals surface area contributed by atoms with E-state index in [1.165, 1.54) is 5.56 Å². The van der Waals surface area contributed by atoms with E-state index < -0.39 is 5.92 Å². The minimum Gasteiger partial charge on any atom is -0.197 e. The minimum atomic E-state index is -0.450. The van der Waals surface area contributed by atoms with Gasteiger partial charge in [0.2, 0.25) is 0 Å². The lowest BCUT2D eigenvalue weighted by molar-refractivity contribution is 0.679. The molecule has 0 N–H and O–H groups in total. The zero-order chi connectivity index (χ0) is 13.9. The SMILES string of the molecule is N#CC(C#N)CCC/C=C\CCc1ccccc1Br. The fraction of sp³-hybridized carbons (Fsp3) is 0.375. The Kier molecular flexibility index (Phi) is 7.63. The summed E-state index contributed by atoms with van der Waals surface area (Å²) in [5.74, 6) is -0.450. The Morgan fingerprint density at radius 2 is 1.79 bits per heavy atom. The molecular weight excluding hydrogens is 300 g/mol. The van der Waals surface area contributed by atoms with E-state index in [2.05, 4.69) is 40.2 Å². The first-order valence-corrected chi connectivity index (χ1v) is 7.25. The van der Waals surface area contributed by atoms with Crippen molar-refractivity contribution in [3.8, 4) is 12.1 Å². The molecule has 0 unspecified atom stereocenters. The van der Waals surface area contributed by atoms with Crippen LogP contribution in [0.1, 0.15) is 31.2 Å². The standard InChI is InChI=1S/C16H17BrN2/c17-16-11-7-6-10-15(16)9-5-3-1-2-4-8-14(12-18)13-19/h1,3,6-7,10-11,14H,2,4-5,8-9H2/b3-1-. The van der Waals surface area contributed by atoms with Gasteiger partial charge in [-0.05, 0) is 43.7 Å². The van der Waals surface area contributed by atoms with Crippen LogP contribution in [-0.4, -0.2) is 0 Å². The van der Waals surface area contributed by atoms with Gasteiger partial charge in [0.1, 0.15) is 5.92 Å². The molecule has 1 rings (SSSR count). The van der Waals surface area contributed by atoms with Crippen molar-refractivity contribution in [3.63, 3.8) is 0 Å². The van der Waals surface area contributed by atoms with Gasteiger partial charge >= 0.3 is 0 Å². The summed E-state index contributed by atoms with van der Waals surface area (Å²) in [5.41, 5.74) is 1.32. The molecule has 0 aliphatic rings. The fourth-order valence-corrected chi connectivity index (χ4v) is 2.26. The highest BCUT2D eigenvalue weighted by molar-refractivity contribution is 9.10. The van der Waals surface area contributed by atoms with E-state index in [0.29, 0.717) is 6.42 Å². The van der Waals surface area contributed by atoms with Crippen molar-refractivity contribution in [2.75, 3.05) is 0 Å². The van der Waals surface area contributed by atoms with Gasteiger partial charge in [0, 0.05) is 4.47 Å². The molecule has 0 aromatic heterocycles. The van der Waals surface area contributed by atoms with Crippen LogP contribution in [0, 0.1) is 28.6 Å². The molecule has 0 saturated carbocycles. The van der Waals surface area contributed by atoms with E-state index in [4.69, 9.17) is 10.5 Å². The number of hydrogen-bond acceptors (Lipinski definition) is 2.